The van der Waals surface area contributed by atoms with Crippen LogP contribution in [-0.4, -0.2) is 10.9 Å². The summed E-state index contributed by atoms with van der Waals surface area (Å²) in [5.41, 5.74) is 2.06. The van der Waals surface area contributed by atoms with Crippen LogP contribution in [0.2, 0.25) is 0 Å². The molecule has 1 fully saturated rings. The Kier molecular flexibility index (Phi) is 3.61. The Morgan fingerprint density at radius 3 is 2.10 bits per heavy atom. The van der Waals surface area contributed by atoms with E-state index >= 15 is 0 Å². The van der Waals surface area contributed by atoms with Gasteiger partial charge in [-0.2, -0.15) is 0 Å². The summed E-state index contributed by atoms with van der Waals surface area (Å²) in [5.74, 6) is 0.289. The van der Waals surface area contributed by atoms with Crippen LogP contribution >= 0.6 is 12.2 Å². The Balaban J connectivity index is 1.84. The summed E-state index contributed by atoms with van der Waals surface area (Å²) in [7, 11) is 0. The molecule has 0 spiro atoms. The van der Waals surface area contributed by atoms with Crippen LogP contribution in [0.5, 0.6) is 0 Å². The van der Waals surface area contributed by atoms with Crippen molar-refractivity contribution in [3.63, 3.8) is 0 Å². The number of nitrogens with zero attached hydrogens (tertiary/aromatic N) is 1. The van der Waals surface area contributed by atoms with Crippen molar-refractivity contribution in [2.75, 3.05) is 4.90 Å². The van der Waals surface area contributed by atoms with Crippen LogP contribution in [0, 0.1) is 0 Å². The van der Waals surface area contributed by atoms with Crippen molar-refractivity contribution in [1.82, 2.24) is 0 Å². The summed E-state index contributed by atoms with van der Waals surface area (Å²) in [6.45, 7) is 0. The molecule has 0 bridgehead atoms. The van der Waals surface area contributed by atoms with Gasteiger partial charge in [0.2, 0.25) is 5.91 Å². The highest BCUT2D eigenvalue weighted by Crippen LogP contribution is 2.32. The summed E-state index contributed by atoms with van der Waals surface area (Å²) in [5, 5.41) is 0. The molecule has 1 aliphatic rings. The van der Waals surface area contributed by atoms with Gasteiger partial charge in [0.05, 0.1) is 4.99 Å². The zero-order valence-electron chi connectivity index (χ0n) is 11.0. The Labute approximate surface area is 124 Å². The largest absolute Gasteiger partial charge is 0.275 e. The molecule has 2 aromatic carbocycles. The van der Waals surface area contributed by atoms with Gasteiger partial charge < -0.3 is 0 Å². The predicted molar refractivity (Wildman–Crippen MR) is 84.9 cm³/mol. The number of rotatable bonds is 2. The number of anilines is 1. The van der Waals surface area contributed by atoms with E-state index < -0.39 is 0 Å². The van der Waals surface area contributed by atoms with E-state index in [4.69, 9.17) is 12.2 Å². The van der Waals surface area contributed by atoms with E-state index in [9.17, 15) is 4.79 Å². The summed E-state index contributed by atoms with van der Waals surface area (Å²) in [6.07, 6.45) is 1.26. The average Bonchev–Trinajstić information content (AvgIpc) is 2.48. The van der Waals surface area contributed by atoms with E-state index in [-0.39, 0.29) is 11.8 Å². The lowest BCUT2D eigenvalue weighted by Crippen LogP contribution is -2.41. The van der Waals surface area contributed by atoms with E-state index in [1.165, 1.54) is 5.56 Å². The highest BCUT2D eigenvalue weighted by atomic mass is 32.1. The maximum absolute atomic E-state index is 12.4. The standard InChI is InChI=1S/C17H15NOS/c19-16-11-14(13-7-3-1-4-8-13)12-17(20)18(16)15-9-5-2-6-10-15/h1-10,14H,11-12H2. The second kappa shape index (κ2) is 5.55. The summed E-state index contributed by atoms with van der Waals surface area (Å²) < 4.78 is 0. The minimum absolute atomic E-state index is 0.0845. The fourth-order valence-corrected chi connectivity index (χ4v) is 3.05. The molecule has 1 unspecified atom stereocenters. The molecule has 1 atom stereocenters. The number of carbonyl (C=O) groups excluding carboxylic acids is 1. The Hall–Kier alpha value is -2.00. The van der Waals surface area contributed by atoms with E-state index in [1.807, 2.05) is 48.5 Å². The third kappa shape index (κ3) is 2.49. The number of para-hydroxylation sites is 1. The van der Waals surface area contributed by atoms with Crippen LogP contribution in [0.1, 0.15) is 24.3 Å². The van der Waals surface area contributed by atoms with Crippen molar-refractivity contribution in [2.45, 2.75) is 18.8 Å². The topological polar surface area (TPSA) is 20.3 Å². The number of hydrogen-bond acceptors (Lipinski definition) is 2. The van der Waals surface area contributed by atoms with E-state index in [0.29, 0.717) is 11.4 Å². The molecule has 20 heavy (non-hydrogen) atoms. The molecule has 0 N–H and O–H groups in total. The average molecular weight is 281 g/mol. The van der Waals surface area contributed by atoms with Gasteiger partial charge in [-0.3, -0.25) is 9.69 Å². The number of benzene rings is 2. The van der Waals surface area contributed by atoms with E-state index in [2.05, 4.69) is 12.1 Å². The van der Waals surface area contributed by atoms with Gasteiger partial charge in [0, 0.05) is 18.5 Å². The molecule has 1 saturated heterocycles. The van der Waals surface area contributed by atoms with Crippen LogP contribution < -0.4 is 4.90 Å². The molecule has 3 heteroatoms. The molecule has 0 saturated carbocycles. The van der Waals surface area contributed by atoms with Gasteiger partial charge in [0.25, 0.3) is 0 Å². The molecule has 2 nitrogen and oxygen atoms in total. The summed E-state index contributed by atoms with van der Waals surface area (Å²) in [6, 6.07) is 19.8. The Bertz CT molecular complexity index is 606. The van der Waals surface area contributed by atoms with Crippen molar-refractivity contribution in [3.05, 3.63) is 66.2 Å². The molecule has 2 aromatic rings. The first-order valence-electron chi connectivity index (χ1n) is 6.71. The molecule has 100 valence electrons. The van der Waals surface area contributed by atoms with Gasteiger partial charge in [-0.15, -0.1) is 0 Å². The van der Waals surface area contributed by atoms with E-state index in [0.717, 1.165) is 12.1 Å². The predicted octanol–water partition coefficient (Wildman–Crippen LogP) is 3.92. The fraction of sp³-hybridized carbons (Fsp3) is 0.176. The van der Waals surface area contributed by atoms with Crippen LogP contribution in [0.15, 0.2) is 60.7 Å². The van der Waals surface area contributed by atoms with Gasteiger partial charge >= 0.3 is 0 Å². The SMILES string of the molecule is O=C1CC(c2ccccc2)CC(=S)N1c1ccccc1. The van der Waals surface area contributed by atoms with Crippen LogP contribution in [0.25, 0.3) is 0 Å². The molecule has 0 radical (unpaired) electrons. The Morgan fingerprint density at radius 2 is 1.50 bits per heavy atom. The second-order valence-electron chi connectivity index (χ2n) is 4.97. The first-order valence-corrected chi connectivity index (χ1v) is 7.12. The lowest BCUT2D eigenvalue weighted by atomic mass is 9.89. The maximum Gasteiger partial charge on any atom is 0.232 e. The van der Waals surface area contributed by atoms with Gasteiger partial charge in [-0.25, -0.2) is 0 Å². The number of piperidine rings is 1. The minimum Gasteiger partial charge on any atom is -0.275 e. The van der Waals surface area contributed by atoms with Crippen molar-refractivity contribution in [2.24, 2.45) is 0 Å². The van der Waals surface area contributed by atoms with E-state index in [1.54, 1.807) is 4.90 Å². The van der Waals surface area contributed by atoms with Crippen molar-refractivity contribution in [1.29, 1.82) is 0 Å². The molecular formula is C17H15NOS. The zero-order chi connectivity index (χ0) is 13.9. The van der Waals surface area contributed by atoms with Crippen LogP contribution in [0.3, 0.4) is 0 Å². The Morgan fingerprint density at radius 1 is 0.900 bits per heavy atom. The maximum atomic E-state index is 12.4. The molecule has 0 aromatic heterocycles. The third-order valence-electron chi connectivity index (χ3n) is 3.63. The molecule has 0 aliphatic carbocycles. The van der Waals surface area contributed by atoms with Crippen LogP contribution in [0.4, 0.5) is 5.69 Å². The van der Waals surface area contributed by atoms with Gasteiger partial charge in [-0.05, 0) is 23.6 Å². The number of thiocarbonyl (C=S) groups is 1. The minimum atomic E-state index is 0.0845. The number of carbonyl (C=O) groups is 1. The highest BCUT2D eigenvalue weighted by Gasteiger charge is 2.31. The number of amides is 1. The zero-order valence-corrected chi connectivity index (χ0v) is 11.8. The highest BCUT2D eigenvalue weighted by molar-refractivity contribution is 7.80. The molecule has 1 aliphatic heterocycles. The molecular weight excluding hydrogens is 266 g/mol. The van der Waals surface area contributed by atoms with Crippen LogP contribution in [-0.2, 0) is 4.79 Å². The van der Waals surface area contributed by atoms with Gasteiger partial charge in [0.1, 0.15) is 0 Å². The van der Waals surface area contributed by atoms with Crippen molar-refractivity contribution < 1.29 is 4.79 Å². The lowest BCUT2D eigenvalue weighted by molar-refractivity contribution is -0.118. The van der Waals surface area contributed by atoms with Gasteiger partial charge in [0.15, 0.2) is 0 Å². The molecule has 1 heterocycles. The number of hydrogen-bond donors (Lipinski definition) is 0. The first kappa shape index (κ1) is 13.0. The second-order valence-corrected chi connectivity index (χ2v) is 5.45. The quantitative estimate of drug-likeness (QED) is 0.777. The monoisotopic (exact) mass is 281 g/mol. The first-order chi connectivity index (χ1) is 9.75. The smallest absolute Gasteiger partial charge is 0.232 e. The lowest BCUT2D eigenvalue weighted by Gasteiger charge is -2.32. The summed E-state index contributed by atoms with van der Waals surface area (Å²) >= 11 is 5.47. The normalized spacial score (nSPS) is 19.2. The van der Waals surface area contributed by atoms with Crippen molar-refractivity contribution in [3.8, 4) is 0 Å². The molecule has 1 amide bonds. The van der Waals surface area contributed by atoms with Gasteiger partial charge in [-0.1, -0.05) is 60.7 Å². The fourth-order valence-electron chi connectivity index (χ4n) is 2.64. The van der Waals surface area contributed by atoms with Crippen molar-refractivity contribution >= 4 is 28.8 Å². The third-order valence-corrected chi connectivity index (χ3v) is 3.98. The summed E-state index contributed by atoms with van der Waals surface area (Å²) in [4.78, 5) is 14.8. The molecule has 3 rings (SSSR count).